The summed E-state index contributed by atoms with van der Waals surface area (Å²) in [7, 11) is 0. The Morgan fingerprint density at radius 3 is 2.76 bits per heavy atom. The lowest BCUT2D eigenvalue weighted by atomic mass is 10.0. The second-order valence-electron chi connectivity index (χ2n) is 4.09. The van der Waals surface area contributed by atoms with Crippen molar-refractivity contribution < 1.29 is 0 Å². The number of rotatable bonds is 4. The van der Waals surface area contributed by atoms with Gasteiger partial charge in [0, 0.05) is 6.54 Å². The van der Waals surface area contributed by atoms with E-state index in [2.05, 4.69) is 15.3 Å². The number of thioether (sulfide) groups is 1. The van der Waals surface area contributed by atoms with Gasteiger partial charge in [-0.2, -0.15) is 11.8 Å². The number of hydrogen-bond acceptors (Lipinski definition) is 5. The van der Waals surface area contributed by atoms with Gasteiger partial charge < -0.3 is 11.1 Å². The van der Waals surface area contributed by atoms with Gasteiger partial charge in [-0.05, 0) is 30.3 Å². The molecule has 1 aliphatic rings. The van der Waals surface area contributed by atoms with Gasteiger partial charge in [-0.25, -0.2) is 9.97 Å². The van der Waals surface area contributed by atoms with Crippen molar-refractivity contribution in [3.05, 3.63) is 18.1 Å². The van der Waals surface area contributed by atoms with Crippen LogP contribution in [0.25, 0.3) is 0 Å². The molecule has 1 saturated heterocycles. The summed E-state index contributed by atoms with van der Waals surface area (Å²) in [6, 6.07) is 0. The van der Waals surface area contributed by atoms with E-state index in [-0.39, 0.29) is 4.99 Å². The van der Waals surface area contributed by atoms with Crippen LogP contribution in [0.4, 0.5) is 5.82 Å². The van der Waals surface area contributed by atoms with Crippen molar-refractivity contribution >= 4 is 34.8 Å². The highest BCUT2D eigenvalue weighted by Gasteiger charge is 2.13. The average Bonchev–Trinajstić information content (AvgIpc) is 2.38. The lowest BCUT2D eigenvalue weighted by molar-refractivity contribution is 0.515. The predicted octanol–water partition coefficient (Wildman–Crippen LogP) is 1.67. The summed E-state index contributed by atoms with van der Waals surface area (Å²) in [4.78, 5) is 8.67. The lowest BCUT2D eigenvalue weighted by Crippen LogP contribution is -2.20. The van der Waals surface area contributed by atoms with Gasteiger partial charge in [-0.1, -0.05) is 12.2 Å². The molecule has 17 heavy (non-hydrogen) atoms. The largest absolute Gasteiger partial charge is 0.388 e. The van der Waals surface area contributed by atoms with E-state index < -0.39 is 0 Å². The van der Waals surface area contributed by atoms with Gasteiger partial charge in [0.15, 0.2) is 0 Å². The highest BCUT2D eigenvalue weighted by Crippen LogP contribution is 2.22. The van der Waals surface area contributed by atoms with Crippen molar-refractivity contribution in [3.8, 4) is 0 Å². The minimum absolute atomic E-state index is 0.286. The lowest BCUT2D eigenvalue weighted by Gasteiger charge is -2.21. The van der Waals surface area contributed by atoms with Crippen molar-refractivity contribution in [2.45, 2.75) is 12.8 Å². The Hall–Kier alpha value is -0.880. The smallest absolute Gasteiger partial charge is 0.144 e. The maximum atomic E-state index is 5.46. The van der Waals surface area contributed by atoms with E-state index in [4.69, 9.17) is 18.0 Å². The Morgan fingerprint density at radius 1 is 1.41 bits per heavy atom. The third-order valence-electron chi connectivity index (χ3n) is 2.82. The average molecular weight is 268 g/mol. The summed E-state index contributed by atoms with van der Waals surface area (Å²) in [6.45, 7) is 0.974. The number of anilines is 1. The van der Waals surface area contributed by atoms with Crippen molar-refractivity contribution in [2.75, 3.05) is 23.4 Å². The molecule has 3 N–H and O–H groups in total. The minimum atomic E-state index is 0.286. The molecule has 1 aromatic heterocycles. The van der Waals surface area contributed by atoms with Crippen LogP contribution in [0.15, 0.2) is 12.4 Å². The topological polar surface area (TPSA) is 63.8 Å². The molecule has 0 aliphatic carbocycles. The predicted molar refractivity (Wildman–Crippen MR) is 76.5 cm³/mol. The second kappa shape index (κ2) is 6.16. The van der Waals surface area contributed by atoms with Crippen LogP contribution in [0.1, 0.15) is 18.5 Å². The summed E-state index contributed by atoms with van der Waals surface area (Å²) in [5.41, 5.74) is 6.03. The zero-order valence-corrected chi connectivity index (χ0v) is 11.2. The summed E-state index contributed by atoms with van der Waals surface area (Å²) >= 11 is 6.87. The van der Waals surface area contributed by atoms with Gasteiger partial charge in [-0.15, -0.1) is 0 Å². The van der Waals surface area contributed by atoms with Gasteiger partial charge in [0.05, 0.1) is 12.4 Å². The third kappa shape index (κ3) is 3.81. The van der Waals surface area contributed by atoms with Crippen LogP contribution < -0.4 is 11.1 Å². The fourth-order valence-electron chi connectivity index (χ4n) is 1.75. The van der Waals surface area contributed by atoms with Crippen LogP contribution in [0.2, 0.25) is 0 Å². The van der Waals surface area contributed by atoms with Crippen LogP contribution in [0.3, 0.4) is 0 Å². The van der Waals surface area contributed by atoms with E-state index in [9.17, 15) is 0 Å². The molecule has 0 amide bonds. The van der Waals surface area contributed by atoms with Crippen LogP contribution in [-0.4, -0.2) is 33.0 Å². The van der Waals surface area contributed by atoms with Crippen LogP contribution >= 0.6 is 24.0 Å². The van der Waals surface area contributed by atoms with E-state index in [1.807, 2.05) is 11.8 Å². The first-order valence-corrected chi connectivity index (χ1v) is 7.25. The normalized spacial score (nSPS) is 16.7. The molecule has 0 aromatic carbocycles. The summed E-state index contributed by atoms with van der Waals surface area (Å²) < 4.78 is 0. The molecular weight excluding hydrogens is 252 g/mol. The third-order valence-corrected chi connectivity index (χ3v) is 4.07. The molecule has 0 spiro atoms. The van der Waals surface area contributed by atoms with Crippen molar-refractivity contribution in [2.24, 2.45) is 11.7 Å². The Kier molecular flexibility index (Phi) is 4.56. The zero-order valence-electron chi connectivity index (χ0n) is 9.56. The van der Waals surface area contributed by atoms with Gasteiger partial charge in [0.25, 0.3) is 0 Å². The van der Waals surface area contributed by atoms with Crippen molar-refractivity contribution in [1.82, 2.24) is 9.97 Å². The van der Waals surface area contributed by atoms with E-state index >= 15 is 0 Å². The molecule has 92 valence electrons. The van der Waals surface area contributed by atoms with Crippen LogP contribution in [0, 0.1) is 5.92 Å². The van der Waals surface area contributed by atoms with Gasteiger partial charge in [-0.3, -0.25) is 0 Å². The number of nitrogens with zero attached hydrogens (tertiary/aromatic N) is 2. The molecule has 0 bridgehead atoms. The molecule has 0 unspecified atom stereocenters. The fourth-order valence-corrected chi connectivity index (χ4v) is 3.06. The van der Waals surface area contributed by atoms with Gasteiger partial charge in [0.2, 0.25) is 0 Å². The maximum absolute atomic E-state index is 5.46. The Balaban J connectivity index is 1.84. The van der Waals surface area contributed by atoms with E-state index in [0.717, 1.165) is 18.3 Å². The molecule has 4 nitrogen and oxygen atoms in total. The van der Waals surface area contributed by atoms with Crippen molar-refractivity contribution in [1.29, 1.82) is 0 Å². The highest BCUT2D eigenvalue weighted by molar-refractivity contribution is 7.99. The highest BCUT2D eigenvalue weighted by atomic mass is 32.2. The summed E-state index contributed by atoms with van der Waals surface area (Å²) in [5.74, 6) is 4.10. The molecule has 6 heteroatoms. The molecule has 1 fully saturated rings. The number of nitrogens with two attached hydrogens (primary N) is 1. The maximum Gasteiger partial charge on any atom is 0.144 e. The second-order valence-corrected chi connectivity index (χ2v) is 5.75. The monoisotopic (exact) mass is 268 g/mol. The zero-order chi connectivity index (χ0) is 12.1. The molecule has 0 radical (unpaired) electrons. The number of aromatic nitrogens is 2. The molecule has 2 rings (SSSR count). The Morgan fingerprint density at radius 2 is 2.18 bits per heavy atom. The standard InChI is InChI=1S/C11H16N4S2/c12-11(16)9-6-15-10(7-13-9)14-5-8-1-3-17-4-2-8/h6-8H,1-5H2,(H2,12,16)(H,14,15). The van der Waals surface area contributed by atoms with Crippen LogP contribution in [-0.2, 0) is 0 Å². The molecule has 2 heterocycles. The first-order chi connectivity index (χ1) is 8.25. The molecule has 0 atom stereocenters. The first-order valence-electron chi connectivity index (χ1n) is 5.69. The van der Waals surface area contributed by atoms with E-state index in [1.165, 1.54) is 24.3 Å². The van der Waals surface area contributed by atoms with Crippen molar-refractivity contribution in [3.63, 3.8) is 0 Å². The SMILES string of the molecule is NC(=S)c1cnc(NCC2CCSCC2)cn1. The quantitative estimate of drug-likeness (QED) is 0.810. The molecule has 1 aliphatic heterocycles. The van der Waals surface area contributed by atoms with E-state index in [1.54, 1.807) is 12.4 Å². The Bertz CT molecular complexity index is 374. The van der Waals surface area contributed by atoms with Crippen LogP contribution in [0.5, 0.6) is 0 Å². The van der Waals surface area contributed by atoms with E-state index in [0.29, 0.717) is 5.69 Å². The minimum Gasteiger partial charge on any atom is -0.388 e. The first kappa shape index (κ1) is 12.6. The summed E-state index contributed by atoms with van der Waals surface area (Å²) in [5, 5.41) is 3.31. The molecule has 1 aromatic rings. The number of nitrogens with one attached hydrogen (secondary N) is 1. The number of hydrogen-bond donors (Lipinski definition) is 2. The van der Waals surface area contributed by atoms with Gasteiger partial charge >= 0.3 is 0 Å². The fraction of sp³-hybridized carbons (Fsp3) is 0.545. The van der Waals surface area contributed by atoms with Gasteiger partial charge in [0.1, 0.15) is 16.5 Å². The number of thiocarbonyl (C=S) groups is 1. The molecule has 0 saturated carbocycles. The summed E-state index contributed by atoms with van der Waals surface area (Å²) in [6.07, 6.45) is 5.87. The molecular formula is C11H16N4S2. The Labute approximate surface area is 111 Å².